The van der Waals surface area contributed by atoms with Crippen LogP contribution in [-0.4, -0.2) is 36.7 Å². The summed E-state index contributed by atoms with van der Waals surface area (Å²) in [5.41, 5.74) is 2.58. The Bertz CT molecular complexity index is 1130. The van der Waals surface area contributed by atoms with Crippen molar-refractivity contribution in [2.75, 3.05) is 30.9 Å². The molecule has 0 bridgehead atoms. The van der Waals surface area contributed by atoms with Crippen molar-refractivity contribution in [3.05, 3.63) is 63.9 Å². The van der Waals surface area contributed by atoms with Crippen LogP contribution >= 0.6 is 0 Å². The van der Waals surface area contributed by atoms with Gasteiger partial charge in [0.1, 0.15) is 11.3 Å². The van der Waals surface area contributed by atoms with Crippen molar-refractivity contribution in [1.29, 1.82) is 0 Å². The zero-order valence-corrected chi connectivity index (χ0v) is 18.3. The van der Waals surface area contributed by atoms with Gasteiger partial charge in [0, 0.05) is 45.0 Å². The van der Waals surface area contributed by atoms with Crippen LogP contribution in [0.3, 0.4) is 0 Å². The van der Waals surface area contributed by atoms with E-state index in [4.69, 9.17) is 0 Å². The molecule has 0 aliphatic carbocycles. The Hall–Kier alpha value is -3.28. The first kappa shape index (κ1) is 21.4. The summed E-state index contributed by atoms with van der Waals surface area (Å²) in [6.45, 7) is 2.15. The lowest BCUT2D eigenvalue weighted by atomic mass is 10.1. The highest BCUT2D eigenvalue weighted by atomic mass is 16.3. The molecule has 1 heterocycles. The number of carbonyl (C=O) groups is 1. The number of unbranched alkanes of at least 4 members (excludes halogenated alkanes) is 1. The molecule has 158 valence electrons. The SMILES string of the molecule is CCCCc1ccc(N(C)C(=O)c2c(O)c3cc(N(C)C)ccc3n(C)c2=O)cc1. The lowest BCUT2D eigenvalue weighted by Gasteiger charge is -2.20. The highest BCUT2D eigenvalue weighted by Gasteiger charge is 2.25. The topological polar surface area (TPSA) is 65.8 Å². The minimum atomic E-state index is -0.536. The molecule has 0 atom stereocenters. The summed E-state index contributed by atoms with van der Waals surface area (Å²) in [5.74, 6) is -0.820. The zero-order chi connectivity index (χ0) is 22.0. The predicted octanol–water partition coefficient (Wildman–Crippen LogP) is 3.93. The number of carbonyl (C=O) groups excluding carboxylic acids is 1. The Morgan fingerprint density at radius 1 is 1.03 bits per heavy atom. The summed E-state index contributed by atoms with van der Waals surface area (Å²) in [6, 6.07) is 13.2. The van der Waals surface area contributed by atoms with E-state index in [1.54, 1.807) is 26.2 Å². The lowest BCUT2D eigenvalue weighted by Crippen LogP contribution is -2.34. The largest absolute Gasteiger partial charge is 0.506 e. The van der Waals surface area contributed by atoms with Gasteiger partial charge in [0.05, 0.1) is 5.52 Å². The molecule has 3 aromatic rings. The molecule has 6 heteroatoms. The van der Waals surface area contributed by atoms with Gasteiger partial charge in [-0.05, 0) is 48.7 Å². The van der Waals surface area contributed by atoms with E-state index in [1.807, 2.05) is 49.3 Å². The number of amides is 1. The third-order valence-corrected chi connectivity index (χ3v) is 5.53. The first-order valence-corrected chi connectivity index (χ1v) is 10.2. The molecule has 0 radical (unpaired) electrons. The van der Waals surface area contributed by atoms with Gasteiger partial charge in [0.2, 0.25) is 0 Å². The number of hydrogen-bond donors (Lipinski definition) is 1. The van der Waals surface area contributed by atoms with Crippen LogP contribution in [0.4, 0.5) is 11.4 Å². The van der Waals surface area contributed by atoms with Crippen LogP contribution in [0.25, 0.3) is 10.9 Å². The van der Waals surface area contributed by atoms with Crippen LogP contribution in [0.15, 0.2) is 47.3 Å². The van der Waals surface area contributed by atoms with Gasteiger partial charge < -0.3 is 19.5 Å². The molecule has 0 saturated heterocycles. The van der Waals surface area contributed by atoms with Crippen LogP contribution in [0, 0.1) is 0 Å². The zero-order valence-electron chi connectivity index (χ0n) is 18.3. The van der Waals surface area contributed by atoms with Crippen LogP contribution in [0.1, 0.15) is 35.7 Å². The summed E-state index contributed by atoms with van der Waals surface area (Å²) in [6.07, 6.45) is 3.24. The maximum absolute atomic E-state index is 13.2. The number of fused-ring (bicyclic) bond motifs is 1. The number of aromatic nitrogens is 1. The second kappa shape index (κ2) is 8.61. The van der Waals surface area contributed by atoms with Gasteiger partial charge in [0.25, 0.3) is 11.5 Å². The van der Waals surface area contributed by atoms with Crippen molar-refractivity contribution in [1.82, 2.24) is 4.57 Å². The number of pyridine rings is 1. The van der Waals surface area contributed by atoms with Gasteiger partial charge in [-0.2, -0.15) is 0 Å². The Morgan fingerprint density at radius 2 is 1.67 bits per heavy atom. The first-order valence-electron chi connectivity index (χ1n) is 10.2. The molecule has 1 N–H and O–H groups in total. The third kappa shape index (κ3) is 3.90. The predicted molar refractivity (Wildman–Crippen MR) is 123 cm³/mol. The maximum Gasteiger partial charge on any atom is 0.267 e. The van der Waals surface area contributed by atoms with E-state index in [0.29, 0.717) is 16.6 Å². The molecule has 0 unspecified atom stereocenters. The highest BCUT2D eigenvalue weighted by molar-refractivity contribution is 6.10. The fourth-order valence-corrected chi connectivity index (χ4v) is 3.54. The van der Waals surface area contributed by atoms with E-state index < -0.39 is 11.5 Å². The van der Waals surface area contributed by atoms with E-state index in [1.165, 1.54) is 15.0 Å². The molecule has 0 saturated carbocycles. The van der Waals surface area contributed by atoms with Crippen molar-refractivity contribution >= 4 is 28.2 Å². The fraction of sp³-hybridized carbons (Fsp3) is 0.333. The molecule has 2 aromatic carbocycles. The molecular formula is C24H29N3O3. The average molecular weight is 408 g/mol. The minimum Gasteiger partial charge on any atom is -0.506 e. The number of aromatic hydroxyl groups is 1. The lowest BCUT2D eigenvalue weighted by molar-refractivity contribution is 0.0988. The minimum absolute atomic E-state index is 0.224. The first-order chi connectivity index (χ1) is 14.3. The van der Waals surface area contributed by atoms with Gasteiger partial charge >= 0.3 is 0 Å². The fourth-order valence-electron chi connectivity index (χ4n) is 3.54. The summed E-state index contributed by atoms with van der Waals surface area (Å²) in [5, 5.41) is 11.4. The molecule has 0 aliphatic rings. The maximum atomic E-state index is 13.2. The molecule has 3 rings (SSSR count). The van der Waals surface area contributed by atoms with Crippen molar-refractivity contribution in [3.63, 3.8) is 0 Å². The van der Waals surface area contributed by atoms with E-state index in [0.717, 1.165) is 24.9 Å². The Kier molecular flexibility index (Phi) is 6.15. The second-order valence-electron chi connectivity index (χ2n) is 7.82. The molecule has 1 aromatic heterocycles. The number of benzene rings is 2. The average Bonchev–Trinajstić information content (AvgIpc) is 2.75. The van der Waals surface area contributed by atoms with Crippen molar-refractivity contribution in [3.8, 4) is 5.75 Å². The Balaban J connectivity index is 2.04. The summed E-state index contributed by atoms with van der Waals surface area (Å²) in [7, 11) is 7.01. The van der Waals surface area contributed by atoms with Gasteiger partial charge in [0.15, 0.2) is 0 Å². The number of hydrogen-bond acceptors (Lipinski definition) is 4. The number of rotatable bonds is 6. The Labute approximate surface area is 177 Å². The number of nitrogens with zero attached hydrogens (tertiary/aromatic N) is 3. The smallest absolute Gasteiger partial charge is 0.267 e. The standard InChI is InChI=1S/C24H29N3O3/c1-6-7-8-16-9-11-17(12-10-16)26(4)23(29)21-22(28)19-15-18(25(2)3)13-14-20(19)27(5)24(21)30/h9-15,28H,6-8H2,1-5H3. The molecule has 0 aliphatic heterocycles. The van der Waals surface area contributed by atoms with E-state index in [-0.39, 0.29) is 11.3 Å². The molecule has 6 nitrogen and oxygen atoms in total. The van der Waals surface area contributed by atoms with Gasteiger partial charge in [-0.15, -0.1) is 0 Å². The van der Waals surface area contributed by atoms with E-state index in [2.05, 4.69) is 6.92 Å². The van der Waals surface area contributed by atoms with Gasteiger partial charge in [-0.25, -0.2) is 0 Å². The van der Waals surface area contributed by atoms with Crippen LogP contribution in [-0.2, 0) is 13.5 Å². The van der Waals surface area contributed by atoms with Gasteiger partial charge in [-0.3, -0.25) is 9.59 Å². The second-order valence-corrected chi connectivity index (χ2v) is 7.82. The highest BCUT2D eigenvalue weighted by Crippen LogP contribution is 2.30. The summed E-state index contributed by atoms with van der Waals surface area (Å²) in [4.78, 5) is 29.4. The molecule has 1 amide bonds. The van der Waals surface area contributed by atoms with E-state index >= 15 is 0 Å². The molecule has 30 heavy (non-hydrogen) atoms. The molecule has 0 fully saturated rings. The molecule has 0 spiro atoms. The molecular weight excluding hydrogens is 378 g/mol. The number of anilines is 2. The van der Waals surface area contributed by atoms with Gasteiger partial charge in [-0.1, -0.05) is 25.5 Å². The van der Waals surface area contributed by atoms with Crippen LogP contribution < -0.4 is 15.4 Å². The number of aryl methyl sites for hydroxylation is 2. The normalized spacial score (nSPS) is 11.0. The van der Waals surface area contributed by atoms with E-state index in [9.17, 15) is 14.7 Å². The van der Waals surface area contributed by atoms with Crippen molar-refractivity contribution < 1.29 is 9.90 Å². The quantitative estimate of drug-likeness (QED) is 0.672. The summed E-state index contributed by atoms with van der Waals surface area (Å²) >= 11 is 0. The Morgan fingerprint density at radius 3 is 2.27 bits per heavy atom. The van der Waals surface area contributed by atoms with Crippen LogP contribution in [0.5, 0.6) is 5.75 Å². The summed E-state index contributed by atoms with van der Waals surface area (Å²) < 4.78 is 1.41. The monoisotopic (exact) mass is 407 g/mol. The third-order valence-electron chi connectivity index (χ3n) is 5.53. The van der Waals surface area contributed by atoms with Crippen molar-refractivity contribution in [2.45, 2.75) is 26.2 Å². The van der Waals surface area contributed by atoms with Crippen molar-refractivity contribution in [2.24, 2.45) is 7.05 Å². The van der Waals surface area contributed by atoms with Crippen LogP contribution in [0.2, 0.25) is 0 Å².